The predicted octanol–water partition coefficient (Wildman–Crippen LogP) is 3.22. The van der Waals surface area contributed by atoms with E-state index in [0.717, 1.165) is 16.8 Å². The van der Waals surface area contributed by atoms with E-state index in [9.17, 15) is 22.4 Å². The number of esters is 1. The number of fused-ring (bicyclic) bond motifs is 1. The predicted molar refractivity (Wildman–Crippen MR) is 114 cm³/mol. The van der Waals surface area contributed by atoms with Gasteiger partial charge in [0.1, 0.15) is 5.82 Å². The first-order valence-corrected chi connectivity index (χ1v) is 11.0. The molecule has 1 amide bonds. The van der Waals surface area contributed by atoms with Crippen molar-refractivity contribution in [1.29, 1.82) is 0 Å². The summed E-state index contributed by atoms with van der Waals surface area (Å²) in [5.41, 5.74) is 0.232. The summed E-state index contributed by atoms with van der Waals surface area (Å²) >= 11 is 0. The van der Waals surface area contributed by atoms with Gasteiger partial charge in [0.2, 0.25) is 10.0 Å². The van der Waals surface area contributed by atoms with Crippen LogP contribution >= 0.6 is 0 Å². The number of hydrogen-bond donors (Lipinski definition) is 2. The minimum absolute atomic E-state index is 0.0856. The van der Waals surface area contributed by atoms with Crippen molar-refractivity contribution in [3.8, 4) is 0 Å². The van der Waals surface area contributed by atoms with Crippen molar-refractivity contribution in [3.05, 3.63) is 72.5 Å². The van der Waals surface area contributed by atoms with Crippen molar-refractivity contribution >= 4 is 38.4 Å². The molecule has 0 saturated carbocycles. The van der Waals surface area contributed by atoms with Gasteiger partial charge >= 0.3 is 5.97 Å². The molecular weight excluding hydrogens is 423 g/mol. The van der Waals surface area contributed by atoms with E-state index in [4.69, 9.17) is 4.74 Å². The number of anilines is 1. The summed E-state index contributed by atoms with van der Waals surface area (Å²) in [5, 5.41) is 4.13. The first-order valence-electron chi connectivity index (χ1n) is 9.49. The van der Waals surface area contributed by atoms with Gasteiger partial charge in [0.05, 0.1) is 11.3 Å². The van der Waals surface area contributed by atoms with Crippen LogP contribution in [0, 0.1) is 5.82 Å². The highest BCUT2D eigenvalue weighted by molar-refractivity contribution is 7.89. The molecule has 3 aromatic carbocycles. The number of rotatable bonds is 8. The Labute approximate surface area is 179 Å². The Morgan fingerprint density at radius 1 is 1.00 bits per heavy atom. The highest BCUT2D eigenvalue weighted by Crippen LogP contribution is 2.18. The van der Waals surface area contributed by atoms with E-state index >= 15 is 0 Å². The number of benzene rings is 3. The molecule has 0 bridgehead atoms. The lowest BCUT2D eigenvalue weighted by Crippen LogP contribution is -2.32. The third kappa shape index (κ3) is 6.09. The molecule has 162 valence electrons. The largest absolute Gasteiger partial charge is 0.452 e. The van der Waals surface area contributed by atoms with Gasteiger partial charge in [-0.15, -0.1) is 0 Å². The summed E-state index contributed by atoms with van der Waals surface area (Å²) in [4.78, 5) is 24.1. The number of halogens is 1. The molecule has 3 rings (SSSR count). The van der Waals surface area contributed by atoms with Crippen molar-refractivity contribution in [2.24, 2.45) is 0 Å². The fourth-order valence-electron chi connectivity index (χ4n) is 2.83. The minimum atomic E-state index is -3.81. The van der Waals surface area contributed by atoms with Gasteiger partial charge in [0, 0.05) is 12.2 Å². The van der Waals surface area contributed by atoms with E-state index in [-0.39, 0.29) is 23.5 Å². The summed E-state index contributed by atoms with van der Waals surface area (Å²) in [6, 6.07) is 17.4. The molecule has 0 aromatic heterocycles. The Hall–Kier alpha value is -3.30. The summed E-state index contributed by atoms with van der Waals surface area (Å²) < 4.78 is 45.5. The standard InChI is InChI=1S/C22H21FN2O5S/c1-15(22(27)25-19-8-4-7-18(23)14-19)30-21(26)11-12-24-31(28,29)20-10-9-16-5-2-3-6-17(16)13-20/h2-10,13-15,24H,11-12H2,1H3,(H,25,27). The monoisotopic (exact) mass is 444 g/mol. The van der Waals surface area contributed by atoms with Gasteiger partial charge in [-0.3, -0.25) is 9.59 Å². The lowest BCUT2D eigenvalue weighted by atomic mass is 10.1. The third-order valence-corrected chi connectivity index (χ3v) is 5.88. The molecule has 1 atom stereocenters. The van der Waals surface area contributed by atoms with Crippen molar-refractivity contribution in [1.82, 2.24) is 4.72 Å². The maximum atomic E-state index is 13.2. The fraction of sp³-hybridized carbons (Fsp3) is 0.182. The lowest BCUT2D eigenvalue weighted by molar-refractivity contribution is -0.152. The maximum Gasteiger partial charge on any atom is 0.307 e. The van der Waals surface area contributed by atoms with E-state index in [2.05, 4.69) is 10.0 Å². The van der Waals surface area contributed by atoms with Crippen LogP contribution in [-0.4, -0.2) is 32.9 Å². The number of carbonyl (C=O) groups excluding carboxylic acids is 2. The molecule has 7 nitrogen and oxygen atoms in total. The van der Waals surface area contributed by atoms with Gasteiger partial charge in [-0.1, -0.05) is 36.4 Å². The fourth-order valence-corrected chi connectivity index (χ4v) is 3.89. The zero-order valence-electron chi connectivity index (χ0n) is 16.7. The Morgan fingerprint density at radius 2 is 1.74 bits per heavy atom. The average molecular weight is 444 g/mol. The van der Waals surface area contributed by atoms with Crippen LogP contribution < -0.4 is 10.0 Å². The molecular formula is C22H21FN2O5S. The summed E-state index contributed by atoms with van der Waals surface area (Å²) in [6.45, 7) is 1.18. The molecule has 0 radical (unpaired) electrons. The van der Waals surface area contributed by atoms with Crippen LogP contribution in [0.4, 0.5) is 10.1 Å². The number of hydrogen-bond acceptors (Lipinski definition) is 5. The first-order chi connectivity index (χ1) is 14.7. The summed E-state index contributed by atoms with van der Waals surface area (Å²) in [6.07, 6.45) is -1.39. The molecule has 0 aliphatic heterocycles. The Balaban J connectivity index is 1.49. The minimum Gasteiger partial charge on any atom is -0.452 e. The van der Waals surface area contributed by atoms with Crippen LogP contribution in [0.5, 0.6) is 0 Å². The smallest absolute Gasteiger partial charge is 0.307 e. The zero-order chi connectivity index (χ0) is 22.4. The van der Waals surface area contributed by atoms with Crippen LogP contribution in [0.1, 0.15) is 13.3 Å². The number of ether oxygens (including phenoxy) is 1. The van der Waals surface area contributed by atoms with Gasteiger partial charge in [-0.25, -0.2) is 17.5 Å². The quantitative estimate of drug-likeness (QED) is 0.520. The number of amides is 1. The van der Waals surface area contributed by atoms with Crippen LogP contribution in [0.25, 0.3) is 10.8 Å². The van der Waals surface area contributed by atoms with E-state index < -0.39 is 33.8 Å². The van der Waals surface area contributed by atoms with E-state index in [1.165, 1.54) is 31.2 Å². The van der Waals surface area contributed by atoms with Gasteiger partial charge in [-0.05, 0) is 48.0 Å². The topological polar surface area (TPSA) is 102 Å². The van der Waals surface area contributed by atoms with Crippen molar-refractivity contribution in [3.63, 3.8) is 0 Å². The molecule has 3 aromatic rings. The van der Waals surface area contributed by atoms with Gasteiger partial charge in [-0.2, -0.15) is 0 Å². The SMILES string of the molecule is CC(OC(=O)CCNS(=O)(=O)c1ccc2ccccc2c1)C(=O)Nc1cccc(F)c1. The van der Waals surface area contributed by atoms with Crippen molar-refractivity contribution < 1.29 is 27.1 Å². The number of carbonyl (C=O) groups is 2. The molecule has 31 heavy (non-hydrogen) atoms. The van der Waals surface area contributed by atoms with Crippen LogP contribution in [0.3, 0.4) is 0 Å². The van der Waals surface area contributed by atoms with E-state index in [1.54, 1.807) is 12.1 Å². The van der Waals surface area contributed by atoms with E-state index in [0.29, 0.717) is 0 Å². The average Bonchev–Trinajstić information content (AvgIpc) is 2.73. The molecule has 2 N–H and O–H groups in total. The highest BCUT2D eigenvalue weighted by Gasteiger charge is 2.19. The molecule has 0 heterocycles. The second-order valence-electron chi connectivity index (χ2n) is 6.79. The Kier molecular flexibility index (Phi) is 6.98. The maximum absolute atomic E-state index is 13.2. The summed E-state index contributed by atoms with van der Waals surface area (Å²) in [7, 11) is -3.81. The number of sulfonamides is 1. The molecule has 9 heteroatoms. The molecule has 0 saturated heterocycles. The summed E-state index contributed by atoms with van der Waals surface area (Å²) in [5.74, 6) is -1.89. The molecule has 0 fully saturated rings. The Morgan fingerprint density at radius 3 is 2.48 bits per heavy atom. The highest BCUT2D eigenvalue weighted by atomic mass is 32.2. The Bertz CT molecular complexity index is 1210. The first kappa shape index (κ1) is 22.4. The lowest BCUT2D eigenvalue weighted by Gasteiger charge is -2.14. The molecule has 0 aliphatic carbocycles. The van der Waals surface area contributed by atoms with Crippen molar-refractivity contribution in [2.75, 3.05) is 11.9 Å². The molecule has 0 spiro atoms. The third-order valence-electron chi connectivity index (χ3n) is 4.42. The van der Waals surface area contributed by atoms with Crippen molar-refractivity contribution in [2.45, 2.75) is 24.3 Å². The van der Waals surface area contributed by atoms with Crippen LogP contribution in [0.15, 0.2) is 71.6 Å². The van der Waals surface area contributed by atoms with E-state index in [1.807, 2.05) is 24.3 Å². The zero-order valence-corrected chi connectivity index (χ0v) is 17.5. The van der Waals surface area contributed by atoms with Gasteiger partial charge in [0.25, 0.3) is 5.91 Å². The molecule has 1 unspecified atom stereocenters. The van der Waals surface area contributed by atoms with Crippen LogP contribution in [-0.2, 0) is 24.3 Å². The van der Waals surface area contributed by atoms with Gasteiger partial charge in [0.15, 0.2) is 6.10 Å². The number of nitrogens with one attached hydrogen (secondary N) is 2. The van der Waals surface area contributed by atoms with Gasteiger partial charge < -0.3 is 10.1 Å². The normalized spacial score (nSPS) is 12.3. The van der Waals surface area contributed by atoms with Crippen LogP contribution in [0.2, 0.25) is 0 Å². The second-order valence-corrected chi connectivity index (χ2v) is 8.56. The second kappa shape index (κ2) is 9.67. The molecule has 0 aliphatic rings.